The summed E-state index contributed by atoms with van der Waals surface area (Å²) in [6, 6.07) is -0.474. The monoisotopic (exact) mass is 438 g/mol. The summed E-state index contributed by atoms with van der Waals surface area (Å²) >= 11 is 0. The Labute approximate surface area is 177 Å². The van der Waals surface area contributed by atoms with Crippen LogP contribution in [0.1, 0.15) is 74.2 Å². The number of nitrogens with zero attached hydrogens (tertiary/aromatic N) is 4. The van der Waals surface area contributed by atoms with E-state index in [0.29, 0.717) is 55.1 Å². The van der Waals surface area contributed by atoms with Crippen molar-refractivity contribution in [2.75, 3.05) is 19.8 Å². The number of aromatic nitrogens is 3. The second-order valence-corrected chi connectivity index (χ2v) is 10.1. The van der Waals surface area contributed by atoms with Crippen LogP contribution in [0.2, 0.25) is 0 Å². The Morgan fingerprint density at radius 2 is 1.83 bits per heavy atom. The number of aryl methyl sites for hydroxylation is 2. The normalized spacial score (nSPS) is 21.5. The molecule has 1 saturated carbocycles. The van der Waals surface area contributed by atoms with Gasteiger partial charge in [0.25, 0.3) is 0 Å². The largest absolute Gasteiger partial charge is 0.381 e. The van der Waals surface area contributed by atoms with Gasteiger partial charge >= 0.3 is 0 Å². The van der Waals surface area contributed by atoms with E-state index in [2.05, 4.69) is 15.3 Å². The molecule has 0 amide bonds. The first-order valence-corrected chi connectivity index (χ1v) is 12.3. The third kappa shape index (κ3) is 4.45. The molecule has 2 aromatic rings. The molecule has 3 heterocycles. The van der Waals surface area contributed by atoms with E-state index in [4.69, 9.17) is 13.8 Å². The standard InChI is InChI=1S/C20H30N4O5S/c1-14-19(15(2)28-22-14)30(25,26)24-11-6-5-9-17(24)20-21-18(23-29-20)10-12-27-13-16-7-3-4-8-16/h16-17H,3-13H2,1-2H3. The van der Waals surface area contributed by atoms with Gasteiger partial charge in [-0.15, -0.1) is 0 Å². The molecule has 2 aromatic heterocycles. The van der Waals surface area contributed by atoms with Gasteiger partial charge in [0, 0.05) is 19.6 Å². The van der Waals surface area contributed by atoms with E-state index in [1.54, 1.807) is 13.8 Å². The van der Waals surface area contributed by atoms with Gasteiger partial charge in [0.2, 0.25) is 15.9 Å². The molecule has 1 aliphatic heterocycles. The van der Waals surface area contributed by atoms with Gasteiger partial charge in [-0.3, -0.25) is 0 Å². The summed E-state index contributed by atoms with van der Waals surface area (Å²) in [6.07, 6.45) is 8.00. The molecule has 10 heteroatoms. The number of rotatable bonds is 8. The average molecular weight is 439 g/mol. The second-order valence-electron chi connectivity index (χ2n) is 8.30. The highest BCUT2D eigenvalue weighted by atomic mass is 32.2. The molecule has 0 aromatic carbocycles. The van der Waals surface area contributed by atoms with Gasteiger partial charge in [0.05, 0.1) is 6.61 Å². The number of piperidine rings is 1. The molecule has 30 heavy (non-hydrogen) atoms. The van der Waals surface area contributed by atoms with Crippen LogP contribution in [0.25, 0.3) is 0 Å². The van der Waals surface area contributed by atoms with Crippen LogP contribution in [-0.4, -0.2) is 47.8 Å². The highest BCUT2D eigenvalue weighted by molar-refractivity contribution is 7.89. The van der Waals surface area contributed by atoms with Crippen LogP contribution in [-0.2, 0) is 21.2 Å². The predicted octanol–water partition coefficient (Wildman–Crippen LogP) is 3.34. The van der Waals surface area contributed by atoms with Crippen molar-refractivity contribution in [2.24, 2.45) is 5.92 Å². The van der Waals surface area contributed by atoms with E-state index in [1.807, 2.05) is 0 Å². The zero-order valence-electron chi connectivity index (χ0n) is 17.7. The third-order valence-electron chi connectivity index (χ3n) is 6.06. The number of ether oxygens (including phenoxy) is 1. The Bertz CT molecular complexity index is 929. The van der Waals surface area contributed by atoms with Crippen LogP contribution in [0.3, 0.4) is 0 Å². The Balaban J connectivity index is 1.43. The van der Waals surface area contributed by atoms with Crippen molar-refractivity contribution >= 4 is 10.0 Å². The summed E-state index contributed by atoms with van der Waals surface area (Å²) < 4.78 is 44.5. The van der Waals surface area contributed by atoms with Crippen molar-refractivity contribution in [2.45, 2.75) is 76.2 Å². The lowest BCUT2D eigenvalue weighted by molar-refractivity contribution is 0.102. The van der Waals surface area contributed by atoms with Crippen LogP contribution in [0.4, 0.5) is 0 Å². The molecule has 1 saturated heterocycles. The van der Waals surface area contributed by atoms with E-state index in [-0.39, 0.29) is 4.90 Å². The molecular formula is C20H30N4O5S. The molecule has 4 rings (SSSR count). The minimum atomic E-state index is -3.77. The second kappa shape index (κ2) is 9.15. The number of hydrogen-bond donors (Lipinski definition) is 0. The maximum Gasteiger partial charge on any atom is 0.249 e. The molecule has 2 fully saturated rings. The molecule has 166 valence electrons. The van der Waals surface area contributed by atoms with E-state index in [1.165, 1.54) is 30.0 Å². The van der Waals surface area contributed by atoms with Crippen LogP contribution >= 0.6 is 0 Å². The maximum absolute atomic E-state index is 13.3. The lowest BCUT2D eigenvalue weighted by Gasteiger charge is -2.32. The number of hydrogen-bond acceptors (Lipinski definition) is 8. The van der Waals surface area contributed by atoms with Crippen LogP contribution in [0, 0.1) is 19.8 Å². The molecule has 0 bridgehead atoms. The molecule has 2 aliphatic rings. The SMILES string of the molecule is Cc1noc(C)c1S(=O)(=O)N1CCCCC1c1nc(CCOCC2CCCC2)no1. The van der Waals surface area contributed by atoms with Gasteiger partial charge in [0.1, 0.15) is 16.6 Å². The van der Waals surface area contributed by atoms with Crippen molar-refractivity contribution in [1.29, 1.82) is 0 Å². The highest BCUT2D eigenvalue weighted by Crippen LogP contribution is 2.36. The molecule has 1 atom stereocenters. The summed E-state index contributed by atoms with van der Waals surface area (Å²) in [4.78, 5) is 4.62. The van der Waals surface area contributed by atoms with Gasteiger partial charge in [-0.05, 0) is 45.4 Å². The lowest BCUT2D eigenvalue weighted by Crippen LogP contribution is -2.39. The number of sulfonamides is 1. The zero-order chi connectivity index (χ0) is 21.1. The minimum Gasteiger partial charge on any atom is -0.381 e. The van der Waals surface area contributed by atoms with Crippen molar-refractivity contribution in [3.05, 3.63) is 23.2 Å². The first kappa shape index (κ1) is 21.5. The van der Waals surface area contributed by atoms with Crippen LogP contribution < -0.4 is 0 Å². The lowest BCUT2D eigenvalue weighted by atomic mass is 10.1. The van der Waals surface area contributed by atoms with Crippen molar-refractivity contribution in [3.8, 4) is 0 Å². The first-order chi connectivity index (χ1) is 14.5. The zero-order valence-corrected chi connectivity index (χ0v) is 18.5. The summed E-state index contributed by atoms with van der Waals surface area (Å²) in [5.41, 5.74) is 0.363. The van der Waals surface area contributed by atoms with Gasteiger partial charge < -0.3 is 13.8 Å². The topological polar surface area (TPSA) is 112 Å². The van der Waals surface area contributed by atoms with Crippen molar-refractivity contribution in [3.63, 3.8) is 0 Å². The summed E-state index contributed by atoms with van der Waals surface area (Å²) in [5.74, 6) is 1.87. The van der Waals surface area contributed by atoms with E-state index >= 15 is 0 Å². The highest BCUT2D eigenvalue weighted by Gasteiger charge is 2.40. The fourth-order valence-electron chi connectivity index (χ4n) is 4.49. The molecular weight excluding hydrogens is 408 g/mol. The molecule has 0 spiro atoms. The summed E-state index contributed by atoms with van der Waals surface area (Å²) in [5, 5.41) is 7.86. The van der Waals surface area contributed by atoms with Crippen molar-refractivity contribution < 1.29 is 22.2 Å². The first-order valence-electron chi connectivity index (χ1n) is 10.8. The van der Waals surface area contributed by atoms with Crippen LogP contribution in [0.5, 0.6) is 0 Å². The molecule has 0 N–H and O–H groups in total. The quantitative estimate of drug-likeness (QED) is 0.577. The third-order valence-corrected chi connectivity index (χ3v) is 8.21. The van der Waals surface area contributed by atoms with Crippen LogP contribution in [0.15, 0.2) is 13.9 Å². The van der Waals surface area contributed by atoms with E-state index in [9.17, 15) is 8.42 Å². The molecule has 1 aliphatic carbocycles. The maximum atomic E-state index is 13.3. The Kier molecular flexibility index (Phi) is 6.54. The minimum absolute atomic E-state index is 0.134. The van der Waals surface area contributed by atoms with Crippen molar-refractivity contribution in [1.82, 2.24) is 19.6 Å². The predicted molar refractivity (Wildman–Crippen MR) is 107 cm³/mol. The fraction of sp³-hybridized carbons (Fsp3) is 0.750. The van der Waals surface area contributed by atoms with E-state index in [0.717, 1.165) is 19.4 Å². The Hall–Kier alpha value is -1.78. The Morgan fingerprint density at radius 3 is 2.57 bits per heavy atom. The van der Waals surface area contributed by atoms with Gasteiger partial charge in [0.15, 0.2) is 11.6 Å². The van der Waals surface area contributed by atoms with Gasteiger partial charge in [-0.2, -0.15) is 9.29 Å². The smallest absolute Gasteiger partial charge is 0.249 e. The fourth-order valence-corrected chi connectivity index (χ4v) is 6.44. The van der Waals surface area contributed by atoms with Gasteiger partial charge in [-0.1, -0.05) is 29.6 Å². The van der Waals surface area contributed by atoms with E-state index < -0.39 is 16.1 Å². The average Bonchev–Trinajstić information content (AvgIpc) is 3.47. The molecule has 1 unspecified atom stereocenters. The summed E-state index contributed by atoms with van der Waals surface area (Å²) in [7, 11) is -3.77. The Morgan fingerprint density at radius 1 is 1.07 bits per heavy atom. The summed E-state index contributed by atoms with van der Waals surface area (Å²) in [6.45, 7) is 4.98. The van der Waals surface area contributed by atoms with Gasteiger partial charge in [-0.25, -0.2) is 8.42 Å². The molecule has 0 radical (unpaired) electrons. The molecule has 9 nitrogen and oxygen atoms in total.